The standard InChI is InChI=1S/C32H54N6O8S2/c1-12-18-15-32(18,27(41)36-48(45,46)19-13-14-19)35-25(39)23-22-20(31(22,8)9)16-38(23)26(40)24(30(5,6)7)34-28(42)33-21(29(2,3)4)17-37(10)47(11,43)44/h12,18-24H,1,13-17H2,2-11H3,(H,35,39)(H,36,41)(H2,33,34,42)/t18?,20?,21-,22?,23+,24-,32?/m1/s1. The van der Waals surface area contributed by atoms with Crippen LogP contribution in [0.25, 0.3) is 0 Å². The summed E-state index contributed by atoms with van der Waals surface area (Å²) in [6, 6.07) is -3.28. The highest BCUT2D eigenvalue weighted by Gasteiger charge is 2.71. The van der Waals surface area contributed by atoms with Gasteiger partial charge in [-0.2, -0.15) is 0 Å². The maximum atomic E-state index is 14.4. The van der Waals surface area contributed by atoms with E-state index in [0.717, 1.165) is 10.6 Å². The number of likely N-dealkylation sites (tertiary alicyclic amines) is 1. The van der Waals surface area contributed by atoms with Gasteiger partial charge in [-0.05, 0) is 47.3 Å². The first-order valence-corrected chi connectivity index (χ1v) is 19.9. The minimum absolute atomic E-state index is 0.0119. The number of amides is 5. The Morgan fingerprint density at radius 2 is 1.58 bits per heavy atom. The normalized spacial score (nSPS) is 29.3. The number of sulfonamides is 2. The minimum Gasteiger partial charge on any atom is -0.339 e. The predicted octanol–water partition coefficient (Wildman–Crippen LogP) is 1.16. The maximum absolute atomic E-state index is 14.4. The van der Waals surface area contributed by atoms with Crippen LogP contribution in [-0.2, 0) is 34.4 Å². The van der Waals surface area contributed by atoms with Crippen molar-refractivity contribution >= 4 is 43.8 Å². The molecule has 0 spiro atoms. The second-order valence-electron chi connectivity index (χ2n) is 17.0. The third-order valence-electron chi connectivity index (χ3n) is 10.8. The van der Waals surface area contributed by atoms with Crippen LogP contribution in [0.3, 0.4) is 0 Å². The van der Waals surface area contributed by atoms with Gasteiger partial charge in [-0.1, -0.05) is 61.5 Å². The van der Waals surface area contributed by atoms with E-state index < -0.39 is 89.5 Å². The van der Waals surface area contributed by atoms with Crippen LogP contribution in [0.2, 0.25) is 0 Å². The lowest BCUT2D eigenvalue weighted by Gasteiger charge is -2.39. The van der Waals surface area contributed by atoms with E-state index in [-0.39, 0.29) is 36.8 Å². The summed E-state index contributed by atoms with van der Waals surface area (Å²) in [7, 11) is -5.95. The van der Waals surface area contributed by atoms with E-state index in [2.05, 4.69) is 27.3 Å². The van der Waals surface area contributed by atoms with Crippen LogP contribution in [0.4, 0.5) is 4.79 Å². The van der Waals surface area contributed by atoms with Crippen molar-refractivity contribution < 1.29 is 36.0 Å². The summed E-state index contributed by atoms with van der Waals surface area (Å²) in [5.74, 6) is -2.50. The molecule has 1 saturated heterocycles. The lowest BCUT2D eigenvalue weighted by atomic mass is 9.85. The fourth-order valence-corrected chi connectivity index (χ4v) is 8.68. The number of urea groups is 1. The molecule has 4 N–H and O–H groups in total. The first-order chi connectivity index (χ1) is 21.7. The SMILES string of the molecule is C=CC1CC1(NC(=O)[C@@H]1C2C(CN1C(=O)[C@@H](NC(=O)N[C@H](CN(C)S(C)(=O)=O)C(C)(C)C)C(C)(C)C)C2(C)C)C(=O)NS(=O)(=O)C1CC1. The molecular weight excluding hydrogens is 661 g/mol. The van der Waals surface area contributed by atoms with Gasteiger partial charge in [-0.25, -0.2) is 25.9 Å². The summed E-state index contributed by atoms with van der Waals surface area (Å²) < 4.78 is 52.7. The van der Waals surface area contributed by atoms with Crippen molar-refractivity contribution in [3.63, 3.8) is 0 Å². The summed E-state index contributed by atoms with van der Waals surface area (Å²) in [5.41, 5.74) is -3.07. The van der Waals surface area contributed by atoms with Crippen LogP contribution >= 0.6 is 0 Å². The van der Waals surface area contributed by atoms with E-state index in [9.17, 15) is 36.0 Å². The van der Waals surface area contributed by atoms with E-state index in [1.165, 1.54) is 18.0 Å². The highest BCUT2D eigenvalue weighted by molar-refractivity contribution is 7.91. The van der Waals surface area contributed by atoms with Crippen molar-refractivity contribution in [3.8, 4) is 0 Å². The van der Waals surface area contributed by atoms with Crippen molar-refractivity contribution in [3.05, 3.63) is 12.7 Å². The Balaban J connectivity index is 1.55. The second-order valence-corrected chi connectivity index (χ2v) is 21.0. The first kappa shape index (κ1) is 38.1. The maximum Gasteiger partial charge on any atom is 0.315 e. The number of likely N-dealkylation sites (N-methyl/N-ethyl adjacent to an activating group) is 1. The Morgan fingerprint density at radius 3 is 2.04 bits per heavy atom. The van der Waals surface area contributed by atoms with Crippen LogP contribution in [-0.4, -0.2) is 105 Å². The molecule has 3 saturated carbocycles. The van der Waals surface area contributed by atoms with Crippen molar-refractivity contribution in [2.24, 2.45) is 34.0 Å². The molecule has 0 bridgehead atoms. The fourth-order valence-electron chi connectivity index (χ4n) is 6.90. The van der Waals surface area contributed by atoms with Gasteiger partial charge in [0.15, 0.2) is 0 Å². The molecule has 5 amide bonds. The Morgan fingerprint density at radius 1 is 1.00 bits per heavy atom. The monoisotopic (exact) mass is 714 g/mol. The van der Waals surface area contributed by atoms with E-state index in [0.29, 0.717) is 12.8 Å². The van der Waals surface area contributed by atoms with Crippen LogP contribution in [0.5, 0.6) is 0 Å². The van der Waals surface area contributed by atoms with Crippen molar-refractivity contribution in [1.82, 2.24) is 29.9 Å². The van der Waals surface area contributed by atoms with Gasteiger partial charge >= 0.3 is 6.03 Å². The average molecular weight is 715 g/mol. The van der Waals surface area contributed by atoms with Crippen molar-refractivity contribution in [1.29, 1.82) is 0 Å². The molecule has 48 heavy (non-hydrogen) atoms. The summed E-state index contributed by atoms with van der Waals surface area (Å²) in [5, 5.41) is 7.88. The minimum atomic E-state index is -3.86. The van der Waals surface area contributed by atoms with Gasteiger partial charge in [0.05, 0.1) is 11.5 Å². The molecule has 0 radical (unpaired) electrons. The molecule has 16 heteroatoms. The lowest BCUT2D eigenvalue weighted by molar-refractivity contribution is -0.144. The molecule has 14 nitrogen and oxygen atoms in total. The number of carbonyl (C=O) groups excluding carboxylic acids is 4. The van der Waals surface area contributed by atoms with Gasteiger partial charge in [-0.15, -0.1) is 6.58 Å². The molecular formula is C32H54N6O8S2. The van der Waals surface area contributed by atoms with Gasteiger partial charge < -0.3 is 20.9 Å². The number of piperidine rings is 1. The fraction of sp³-hybridized carbons (Fsp3) is 0.812. The number of carbonyl (C=O) groups is 4. The summed E-state index contributed by atoms with van der Waals surface area (Å²) >= 11 is 0. The van der Waals surface area contributed by atoms with Gasteiger partial charge in [-0.3, -0.25) is 19.1 Å². The molecule has 0 aromatic rings. The number of hydrogen-bond acceptors (Lipinski definition) is 8. The number of nitrogens with zero attached hydrogens (tertiary/aromatic N) is 2. The third kappa shape index (κ3) is 7.54. The van der Waals surface area contributed by atoms with Crippen LogP contribution in [0.1, 0.15) is 74.7 Å². The van der Waals surface area contributed by atoms with Gasteiger partial charge in [0.25, 0.3) is 5.91 Å². The van der Waals surface area contributed by atoms with Gasteiger partial charge in [0.2, 0.25) is 31.9 Å². The summed E-state index contributed by atoms with van der Waals surface area (Å²) in [6.45, 7) is 19.1. The average Bonchev–Trinajstić information content (AvgIpc) is 3.87. The van der Waals surface area contributed by atoms with E-state index >= 15 is 0 Å². The smallest absolute Gasteiger partial charge is 0.315 e. The van der Waals surface area contributed by atoms with E-state index in [4.69, 9.17) is 0 Å². The Bertz CT molecular complexity index is 1580. The molecule has 4 aliphatic rings. The van der Waals surface area contributed by atoms with E-state index in [1.807, 2.05) is 34.6 Å². The zero-order chi connectivity index (χ0) is 36.6. The lowest BCUT2D eigenvalue weighted by Crippen LogP contribution is -2.63. The van der Waals surface area contributed by atoms with Crippen LogP contribution in [0, 0.1) is 34.0 Å². The molecule has 3 aliphatic carbocycles. The molecule has 272 valence electrons. The van der Waals surface area contributed by atoms with Gasteiger partial charge in [0.1, 0.15) is 17.6 Å². The quantitative estimate of drug-likeness (QED) is 0.217. The van der Waals surface area contributed by atoms with Crippen LogP contribution in [0.15, 0.2) is 12.7 Å². The number of nitrogens with one attached hydrogen (secondary N) is 4. The topological polar surface area (TPSA) is 191 Å². The molecule has 0 aromatic heterocycles. The molecule has 7 atom stereocenters. The molecule has 4 rings (SSSR count). The second kappa shape index (κ2) is 12.3. The summed E-state index contributed by atoms with van der Waals surface area (Å²) in [4.78, 5) is 56.8. The molecule has 4 unspecified atom stereocenters. The predicted molar refractivity (Wildman–Crippen MR) is 181 cm³/mol. The van der Waals surface area contributed by atoms with Crippen LogP contribution < -0.4 is 20.7 Å². The largest absolute Gasteiger partial charge is 0.339 e. The number of rotatable bonds is 12. The molecule has 1 heterocycles. The Labute approximate surface area is 285 Å². The highest BCUT2D eigenvalue weighted by atomic mass is 32.2. The number of hydrogen-bond donors (Lipinski definition) is 4. The molecule has 4 fully saturated rings. The zero-order valence-corrected chi connectivity index (χ0v) is 31.5. The Kier molecular flexibility index (Phi) is 9.72. The Hall–Kier alpha value is -2.72. The summed E-state index contributed by atoms with van der Waals surface area (Å²) in [6.07, 6.45) is 3.73. The van der Waals surface area contributed by atoms with Crippen molar-refractivity contribution in [2.75, 3.05) is 26.4 Å². The van der Waals surface area contributed by atoms with Gasteiger partial charge in [0, 0.05) is 32.1 Å². The van der Waals surface area contributed by atoms with E-state index in [1.54, 1.807) is 20.8 Å². The number of fused-ring (bicyclic) bond motifs is 1. The zero-order valence-electron chi connectivity index (χ0n) is 29.8. The first-order valence-electron chi connectivity index (χ1n) is 16.5. The highest BCUT2D eigenvalue weighted by Crippen LogP contribution is 2.65. The van der Waals surface area contributed by atoms with Crippen molar-refractivity contribution in [2.45, 2.75) is 104 Å². The molecule has 0 aromatic carbocycles. The molecule has 1 aliphatic heterocycles. The third-order valence-corrected chi connectivity index (χ3v) is 13.9.